The van der Waals surface area contributed by atoms with Crippen LogP contribution in [0.5, 0.6) is 0 Å². The van der Waals surface area contributed by atoms with Gasteiger partial charge in [0.25, 0.3) is 0 Å². The van der Waals surface area contributed by atoms with Crippen molar-refractivity contribution < 1.29 is 4.74 Å². The van der Waals surface area contributed by atoms with E-state index in [1.165, 1.54) is 7.11 Å². The van der Waals surface area contributed by atoms with Crippen molar-refractivity contribution in [2.75, 3.05) is 7.11 Å². The molecule has 0 bridgehead atoms. The lowest BCUT2D eigenvalue weighted by atomic mass is 11.3. The Labute approximate surface area is 31.5 Å². The molecule has 0 saturated heterocycles. The molecule has 0 atom stereocenters. The maximum absolute atomic E-state index is 4.58. The van der Waals surface area contributed by atoms with E-state index < -0.39 is 0 Å². The van der Waals surface area contributed by atoms with E-state index in [-0.39, 0.29) is 0 Å². The third-order valence-electron chi connectivity index (χ3n) is 0.166. The van der Waals surface area contributed by atoms with Crippen molar-refractivity contribution in [1.82, 2.24) is 0 Å². The van der Waals surface area contributed by atoms with Crippen molar-refractivity contribution in [3.8, 4) is 0 Å². The Morgan fingerprint density at radius 3 is 2.60 bits per heavy atom. The van der Waals surface area contributed by atoms with Crippen LogP contribution in [0.1, 0.15) is 0 Å². The number of hydrogen-bond acceptors (Lipinski definition) is 2. The first-order valence-electron chi connectivity index (χ1n) is 1.16. The van der Waals surface area contributed by atoms with Crippen LogP contribution in [0.3, 0.4) is 0 Å². The van der Waals surface area contributed by atoms with Crippen LogP contribution in [-0.4, -0.2) is 13.5 Å². The number of ether oxygens (including phenoxy) is 1. The van der Waals surface area contributed by atoms with Crippen LogP contribution in [0.4, 0.5) is 0 Å². The molecule has 0 unspecified atom stereocenters. The van der Waals surface area contributed by atoms with Gasteiger partial charge >= 0.3 is 0 Å². The second-order valence-electron chi connectivity index (χ2n) is 0.490. The van der Waals surface area contributed by atoms with Crippen molar-refractivity contribution in [3.63, 3.8) is 0 Å². The Morgan fingerprint density at radius 1 is 2.00 bits per heavy atom. The van der Waals surface area contributed by atoms with E-state index in [0.29, 0.717) is 0 Å². The molecule has 0 aliphatic rings. The molecule has 2 heteroatoms. The van der Waals surface area contributed by atoms with Gasteiger partial charge in [0.05, 0.1) is 7.11 Å². The van der Waals surface area contributed by atoms with E-state index in [1.807, 2.05) is 0 Å². The summed E-state index contributed by atoms with van der Waals surface area (Å²) in [6, 6.07) is 0. The fraction of sp³-hybridized carbons (Fsp3) is 0.333. The number of hydrogen-bond donors (Lipinski definition) is 0. The van der Waals surface area contributed by atoms with Crippen LogP contribution in [0.25, 0.3) is 0 Å². The topological polar surface area (TPSA) is 21.6 Å². The summed E-state index contributed by atoms with van der Waals surface area (Å²) in [5, 5.41) is 0. The van der Waals surface area contributed by atoms with Crippen molar-refractivity contribution in [3.05, 3.63) is 7.05 Å². The van der Waals surface area contributed by atoms with Gasteiger partial charge in [0.1, 0.15) is 7.05 Å². The van der Waals surface area contributed by atoms with Gasteiger partial charge in [0, 0.05) is 0 Å². The van der Waals surface area contributed by atoms with E-state index in [1.54, 1.807) is 0 Å². The molecule has 0 aliphatic heterocycles. The zero-order chi connectivity index (χ0) is 4.12. The summed E-state index contributed by atoms with van der Waals surface area (Å²) in [5.41, 5.74) is 0. The van der Waals surface area contributed by atoms with Crippen LogP contribution in [0, 0.1) is 7.05 Å². The zero-order valence-electron chi connectivity index (χ0n) is 3.01. The van der Waals surface area contributed by atoms with E-state index in [9.17, 15) is 0 Å². The minimum atomic E-state index is 1.15. The minimum Gasteiger partial charge on any atom is -0.487 e. The first kappa shape index (κ1) is 4.47. The number of nitrogens with zero attached hydrogens (tertiary/aromatic N) is 1. The Morgan fingerprint density at radius 2 is 2.60 bits per heavy atom. The van der Waals surface area contributed by atoms with Gasteiger partial charge in [0.2, 0.25) is 0 Å². The van der Waals surface area contributed by atoms with Crippen LogP contribution >= 0.6 is 0 Å². The molecule has 0 rings (SSSR count). The third-order valence-corrected chi connectivity index (χ3v) is 0.166. The van der Waals surface area contributed by atoms with E-state index >= 15 is 0 Å². The molecule has 2 nitrogen and oxygen atoms in total. The van der Waals surface area contributed by atoms with Gasteiger partial charge < -0.3 is 4.74 Å². The third kappa shape index (κ3) is 3.47. The summed E-state index contributed by atoms with van der Waals surface area (Å²) in [4.78, 5) is 3.01. The molecule has 0 N–H and O–H groups in total. The largest absolute Gasteiger partial charge is 0.487 e. The van der Waals surface area contributed by atoms with E-state index in [0.717, 1.165) is 6.40 Å². The molecule has 0 spiro atoms. The average molecular weight is 71.1 g/mol. The average Bonchev–Trinajstić information content (AvgIpc) is 1.41. The Bertz CT molecular complexity index is 33.9. The monoisotopic (exact) mass is 71.0 g/mol. The standard InChI is InChI=1S/C3H5NO/c1-4-3-5-2/h1,3H,2H3. The fourth-order valence-corrected chi connectivity index (χ4v) is 0.0609. The maximum atomic E-state index is 4.58. The van der Waals surface area contributed by atoms with Crippen molar-refractivity contribution in [2.24, 2.45) is 4.99 Å². The summed E-state index contributed by atoms with van der Waals surface area (Å²) >= 11 is 0. The molecule has 2 radical (unpaired) electrons. The molecule has 0 aromatic rings. The summed E-state index contributed by atoms with van der Waals surface area (Å²) in [6.45, 7) is 0. The SMILES string of the molecule is [CH]/N=C/OC. The number of aliphatic imine (C=N–C) groups is 1. The second kappa shape index (κ2) is 3.47. The maximum Gasteiger partial charge on any atom is 0.169 e. The van der Waals surface area contributed by atoms with Gasteiger partial charge in [-0.2, -0.15) is 0 Å². The predicted molar refractivity (Wildman–Crippen MR) is 19.8 cm³/mol. The summed E-state index contributed by atoms with van der Waals surface area (Å²) in [6.07, 6.45) is 1.15. The van der Waals surface area contributed by atoms with Crippen molar-refractivity contribution in [2.45, 2.75) is 0 Å². The van der Waals surface area contributed by atoms with Gasteiger partial charge in [-0.1, -0.05) is 0 Å². The summed E-state index contributed by atoms with van der Waals surface area (Å²) in [7, 11) is 6.07. The molecule has 0 fully saturated rings. The van der Waals surface area contributed by atoms with Crippen molar-refractivity contribution >= 4 is 6.40 Å². The van der Waals surface area contributed by atoms with Gasteiger partial charge in [-0.05, 0) is 0 Å². The molecule has 28 valence electrons. The van der Waals surface area contributed by atoms with Gasteiger partial charge in [-0.25, -0.2) is 0 Å². The predicted octanol–water partition coefficient (Wildman–Crippen LogP) is 0.330. The molecule has 0 aromatic carbocycles. The van der Waals surface area contributed by atoms with Crippen molar-refractivity contribution in [1.29, 1.82) is 0 Å². The lowest BCUT2D eigenvalue weighted by molar-refractivity contribution is 0.423. The van der Waals surface area contributed by atoms with E-state index in [2.05, 4.69) is 16.8 Å². The summed E-state index contributed by atoms with van der Waals surface area (Å²) < 4.78 is 4.27. The first-order chi connectivity index (χ1) is 2.41. The minimum absolute atomic E-state index is 1.15. The van der Waals surface area contributed by atoms with Gasteiger partial charge in [-0.15, -0.1) is 0 Å². The molecular formula is C3H5NO. The fourth-order valence-electron chi connectivity index (χ4n) is 0.0609. The normalized spacial score (nSPS) is 9.20. The molecule has 0 aromatic heterocycles. The highest BCUT2D eigenvalue weighted by Gasteiger charge is 1.48. The highest BCUT2D eigenvalue weighted by atomic mass is 16.5. The molecule has 5 heavy (non-hydrogen) atoms. The van der Waals surface area contributed by atoms with Crippen LogP contribution in [-0.2, 0) is 4.74 Å². The second-order valence-corrected chi connectivity index (χ2v) is 0.490. The quantitative estimate of drug-likeness (QED) is 0.322. The lowest BCUT2D eigenvalue weighted by Gasteiger charge is -1.75. The van der Waals surface area contributed by atoms with E-state index in [4.69, 9.17) is 0 Å². The molecule has 0 amide bonds. The first-order valence-corrected chi connectivity index (χ1v) is 1.16. The Kier molecular flexibility index (Phi) is 3.10. The van der Waals surface area contributed by atoms with Crippen LogP contribution < -0.4 is 0 Å². The highest BCUT2D eigenvalue weighted by molar-refractivity contribution is 5.45. The van der Waals surface area contributed by atoms with Crippen LogP contribution in [0.2, 0.25) is 0 Å². The highest BCUT2D eigenvalue weighted by Crippen LogP contribution is 1.52. The zero-order valence-corrected chi connectivity index (χ0v) is 3.01. The Hall–Kier alpha value is -0.530. The molecule has 0 heterocycles. The molecular weight excluding hydrogens is 66.0 g/mol. The molecule has 0 saturated carbocycles. The smallest absolute Gasteiger partial charge is 0.169 e. The van der Waals surface area contributed by atoms with Gasteiger partial charge in [-0.3, -0.25) is 4.99 Å². The number of rotatable bonds is 1. The summed E-state index contributed by atoms with van der Waals surface area (Å²) in [5.74, 6) is 0. The van der Waals surface area contributed by atoms with Gasteiger partial charge in [0.15, 0.2) is 6.40 Å². The van der Waals surface area contributed by atoms with Crippen LogP contribution in [0.15, 0.2) is 4.99 Å². The lowest BCUT2D eigenvalue weighted by Crippen LogP contribution is -1.70. The Balaban J connectivity index is 2.62. The number of methoxy groups -OCH3 is 1. The molecule has 0 aliphatic carbocycles.